The Balaban J connectivity index is 2.29. The molecule has 1 heterocycles. The minimum atomic E-state index is 0.790. The molecule has 1 aromatic carbocycles. The Kier molecular flexibility index (Phi) is 2.78. The van der Waals surface area contributed by atoms with E-state index in [2.05, 4.69) is 4.98 Å². The largest absolute Gasteiger partial charge is 0.624 e. The fourth-order valence-electron chi connectivity index (χ4n) is 1.29. The number of aromatic nitrogens is 1. The Morgan fingerprint density at radius 2 is 2.07 bits per heavy atom. The van der Waals surface area contributed by atoms with Gasteiger partial charge in [-0.25, -0.2) is 9.72 Å². The molecule has 0 spiro atoms. The lowest BCUT2D eigenvalue weighted by molar-refractivity contribution is -0.416. The second-order valence-corrected chi connectivity index (χ2v) is 4.03. The van der Waals surface area contributed by atoms with Crippen molar-refractivity contribution in [3.05, 3.63) is 46.6 Å². The molecule has 0 atom stereocenters. The van der Waals surface area contributed by atoms with Crippen LogP contribution >= 0.6 is 11.3 Å². The Labute approximate surface area is 91.9 Å². The van der Waals surface area contributed by atoms with Gasteiger partial charge in [0.2, 0.25) is 0 Å². The maximum Gasteiger partial charge on any atom is 0.181 e. The molecule has 2 rings (SSSR count). The normalized spacial score (nSPS) is 11.7. The molecule has 0 N–H and O–H groups in total. The zero-order valence-corrected chi connectivity index (χ0v) is 9.07. The van der Waals surface area contributed by atoms with Crippen LogP contribution in [0.3, 0.4) is 0 Å². The van der Waals surface area contributed by atoms with Crippen molar-refractivity contribution >= 4 is 17.6 Å². The third-order valence-corrected chi connectivity index (χ3v) is 2.74. The van der Waals surface area contributed by atoms with E-state index in [0.29, 0.717) is 0 Å². The molecule has 15 heavy (non-hydrogen) atoms. The van der Waals surface area contributed by atoms with Crippen molar-refractivity contribution in [1.29, 1.82) is 0 Å². The summed E-state index contributed by atoms with van der Waals surface area (Å²) in [4.78, 5) is 4.21. The first-order valence-electron chi connectivity index (χ1n) is 4.50. The van der Waals surface area contributed by atoms with E-state index in [0.717, 1.165) is 20.9 Å². The van der Waals surface area contributed by atoms with Crippen LogP contribution in [0.25, 0.3) is 10.6 Å². The second kappa shape index (κ2) is 4.23. The summed E-state index contributed by atoms with van der Waals surface area (Å²) in [6.07, 6.45) is 3.32. The first-order valence-corrected chi connectivity index (χ1v) is 5.38. The predicted molar refractivity (Wildman–Crippen MR) is 62.3 cm³/mol. The third kappa shape index (κ3) is 2.41. The van der Waals surface area contributed by atoms with E-state index in [4.69, 9.17) is 0 Å². The highest BCUT2D eigenvalue weighted by atomic mass is 32.1. The zero-order valence-electron chi connectivity index (χ0n) is 8.25. The van der Waals surface area contributed by atoms with Crippen molar-refractivity contribution in [2.75, 3.05) is 7.05 Å². The molecule has 2 aromatic rings. The maximum atomic E-state index is 10.8. The molecular formula is C11H10N2OS. The molecule has 0 aliphatic rings. The number of hydrogen-bond acceptors (Lipinski definition) is 3. The van der Waals surface area contributed by atoms with Crippen molar-refractivity contribution in [2.24, 2.45) is 0 Å². The Morgan fingerprint density at radius 1 is 1.33 bits per heavy atom. The fourth-order valence-corrected chi connectivity index (χ4v) is 1.93. The lowest BCUT2D eigenvalue weighted by Crippen LogP contribution is -1.96. The Bertz CT molecular complexity index is 456. The summed E-state index contributed by atoms with van der Waals surface area (Å²) in [5.74, 6) is 0. The highest BCUT2D eigenvalue weighted by Gasteiger charge is 1.99. The number of thiazole rings is 1. The first-order chi connectivity index (χ1) is 7.25. The first kappa shape index (κ1) is 9.86. The number of nitrogens with zero attached hydrogens (tertiary/aromatic N) is 2. The van der Waals surface area contributed by atoms with E-state index < -0.39 is 0 Å². The molecule has 1 aromatic heterocycles. The van der Waals surface area contributed by atoms with Crippen LogP contribution in [-0.4, -0.2) is 23.0 Å². The molecule has 0 aliphatic heterocycles. The average molecular weight is 218 g/mol. The van der Waals surface area contributed by atoms with Crippen LogP contribution in [0.1, 0.15) is 5.56 Å². The summed E-state index contributed by atoms with van der Waals surface area (Å²) in [7, 11) is 1.47. The molecule has 0 radical (unpaired) electrons. The summed E-state index contributed by atoms with van der Waals surface area (Å²) in [5, 5.41) is 13.7. The van der Waals surface area contributed by atoms with Crippen molar-refractivity contribution < 1.29 is 4.74 Å². The minimum absolute atomic E-state index is 0.790. The predicted octanol–water partition coefficient (Wildman–Crippen LogP) is 2.37. The van der Waals surface area contributed by atoms with Gasteiger partial charge in [0.1, 0.15) is 12.1 Å². The average Bonchev–Trinajstić information content (AvgIpc) is 2.71. The smallest absolute Gasteiger partial charge is 0.181 e. The van der Waals surface area contributed by atoms with Gasteiger partial charge in [-0.15, -0.1) is 11.3 Å². The maximum absolute atomic E-state index is 10.8. The van der Waals surface area contributed by atoms with Crippen molar-refractivity contribution in [1.82, 2.24) is 4.98 Å². The van der Waals surface area contributed by atoms with Crippen molar-refractivity contribution in [3.63, 3.8) is 0 Å². The van der Waals surface area contributed by atoms with Gasteiger partial charge >= 0.3 is 0 Å². The summed E-state index contributed by atoms with van der Waals surface area (Å²) < 4.78 is 0.790. The van der Waals surface area contributed by atoms with Gasteiger partial charge < -0.3 is 5.21 Å². The minimum Gasteiger partial charge on any atom is -0.624 e. The topological polar surface area (TPSA) is 39.0 Å². The van der Waals surface area contributed by atoms with Crippen molar-refractivity contribution in [3.8, 4) is 10.6 Å². The van der Waals surface area contributed by atoms with Crippen LogP contribution in [0.5, 0.6) is 0 Å². The monoisotopic (exact) mass is 218 g/mol. The van der Waals surface area contributed by atoms with Gasteiger partial charge in [-0.05, 0) is 12.1 Å². The summed E-state index contributed by atoms with van der Waals surface area (Å²) >= 11 is 1.60. The van der Waals surface area contributed by atoms with E-state index >= 15 is 0 Å². The number of rotatable bonds is 2. The molecule has 0 fully saturated rings. The van der Waals surface area contributed by atoms with Gasteiger partial charge in [0, 0.05) is 22.7 Å². The van der Waals surface area contributed by atoms with E-state index in [1.54, 1.807) is 17.5 Å². The standard InChI is InChI=1S/C11H10N2OS/c1-13(14)8-9-2-4-10(5-3-9)11-12-6-7-15-11/h2-8H,1H3. The highest BCUT2D eigenvalue weighted by molar-refractivity contribution is 7.13. The van der Waals surface area contributed by atoms with Crippen LogP contribution in [0.4, 0.5) is 0 Å². The molecule has 0 bridgehead atoms. The molecular weight excluding hydrogens is 208 g/mol. The van der Waals surface area contributed by atoms with E-state index in [1.807, 2.05) is 29.6 Å². The number of hydroxylamine groups is 1. The third-order valence-electron chi connectivity index (χ3n) is 1.92. The van der Waals surface area contributed by atoms with Gasteiger partial charge in [-0.1, -0.05) is 12.1 Å². The van der Waals surface area contributed by atoms with E-state index in [-0.39, 0.29) is 0 Å². The highest BCUT2D eigenvalue weighted by Crippen LogP contribution is 2.21. The molecule has 0 aliphatic carbocycles. The summed E-state index contributed by atoms with van der Waals surface area (Å²) in [6, 6.07) is 7.75. The lowest BCUT2D eigenvalue weighted by Gasteiger charge is -1.98. The second-order valence-electron chi connectivity index (χ2n) is 3.13. The Hall–Kier alpha value is -1.68. The molecule has 0 saturated heterocycles. The van der Waals surface area contributed by atoms with E-state index in [9.17, 15) is 5.21 Å². The van der Waals surface area contributed by atoms with Crippen LogP contribution in [0.15, 0.2) is 35.8 Å². The summed E-state index contributed by atoms with van der Waals surface area (Å²) in [6.45, 7) is 0. The molecule has 76 valence electrons. The zero-order chi connectivity index (χ0) is 10.7. The van der Waals surface area contributed by atoms with Crippen molar-refractivity contribution in [2.45, 2.75) is 0 Å². The van der Waals surface area contributed by atoms with Gasteiger partial charge in [0.15, 0.2) is 6.21 Å². The van der Waals surface area contributed by atoms with Crippen LogP contribution < -0.4 is 0 Å². The molecule has 3 nitrogen and oxygen atoms in total. The van der Waals surface area contributed by atoms with Gasteiger partial charge in [-0.3, -0.25) is 0 Å². The molecule has 0 unspecified atom stereocenters. The SMILES string of the molecule is C[N+]([O-])=Cc1ccc(-c2nccs2)cc1. The summed E-state index contributed by atoms with van der Waals surface area (Å²) in [5.41, 5.74) is 1.98. The van der Waals surface area contributed by atoms with Gasteiger partial charge in [-0.2, -0.15) is 0 Å². The van der Waals surface area contributed by atoms with Crippen LogP contribution in [0, 0.1) is 5.21 Å². The van der Waals surface area contributed by atoms with E-state index in [1.165, 1.54) is 13.3 Å². The van der Waals surface area contributed by atoms with Gasteiger partial charge in [0.25, 0.3) is 0 Å². The van der Waals surface area contributed by atoms with Gasteiger partial charge in [0.05, 0.1) is 0 Å². The Morgan fingerprint density at radius 3 is 2.60 bits per heavy atom. The fraction of sp³-hybridized carbons (Fsp3) is 0.0909. The molecule has 0 saturated carbocycles. The number of benzene rings is 1. The quantitative estimate of drug-likeness (QED) is 0.336. The van der Waals surface area contributed by atoms with Crippen LogP contribution in [0.2, 0.25) is 0 Å². The lowest BCUT2D eigenvalue weighted by atomic mass is 10.1. The van der Waals surface area contributed by atoms with Crippen LogP contribution in [-0.2, 0) is 0 Å². The number of hydrogen-bond donors (Lipinski definition) is 0. The molecule has 4 heteroatoms. The molecule has 0 amide bonds.